The quantitative estimate of drug-likeness (QED) is 0.848. The van der Waals surface area contributed by atoms with Crippen LogP contribution >= 0.6 is 0 Å². The number of fused-ring (bicyclic) bond motifs is 1. The average molecular weight is 278 g/mol. The van der Waals surface area contributed by atoms with Gasteiger partial charge < -0.3 is 19.6 Å². The van der Waals surface area contributed by atoms with E-state index in [2.05, 4.69) is 0 Å². The third-order valence-electron chi connectivity index (χ3n) is 3.30. The van der Waals surface area contributed by atoms with Crippen LogP contribution in [-0.4, -0.2) is 53.7 Å². The van der Waals surface area contributed by atoms with Gasteiger partial charge in [-0.1, -0.05) is 6.07 Å². The van der Waals surface area contributed by atoms with E-state index in [1.54, 1.807) is 25.1 Å². The molecular formula is C14H18N2O4. The predicted octanol–water partition coefficient (Wildman–Crippen LogP) is 1.65. The van der Waals surface area contributed by atoms with E-state index in [0.29, 0.717) is 18.9 Å². The first-order valence-corrected chi connectivity index (χ1v) is 6.37. The van der Waals surface area contributed by atoms with Crippen molar-refractivity contribution in [2.75, 3.05) is 20.7 Å². The van der Waals surface area contributed by atoms with Gasteiger partial charge in [-0.3, -0.25) is 0 Å². The fraction of sp³-hybridized carbons (Fsp3) is 0.429. The number of carbonyl (C=O) groups excluding carboxylic acids is 1. The van der Waals surface area contributed by atoms with Crippen molar-refractivity contribution in [1.29, 1.82) is 0 Å². The molecule has 6 heteroatoms. The van der Waals surface area contributed by atoms with E-state index in [0.717, 1.165) is 5.56 Å². The molecule has 1 aliphatic heterocycles. The molecule has 1 aliphatic rings. The van der Waals surface area contributed by atoms with Gasteiger partial charge in [0.2, 0.25) is 0 Å². The molecule has 0 spiro atoms. The molecule has 0 unspecified atom stereocenters. The highest BCUT2D eigenvalue weighted by atomic mass is 16.5. The number of amides is 2. The molecular weight excluding hydrogens is 260 g/mol. The molecule has 0 saturated carbocycles. The number of aromatic carboxylic acids is 1. The van der Waals surface area contributed by atoms with Gasteiger partial charge in [-0.15, -0.1) is 0 Å². The Hall–Kier alpha value is -2.24. The van der Waals surface area contributed by atoms with Crippen molar-refractivity contribution in [3.05, 3.63) is 29.3 Å². The maximum Gasteiger partial charge on any atom is 0.335 e. The lowest BCUT2D eigenvalue weighted by molar-refractivity contribution is 0.0696. The number of carboxylic acids is 1. The fourth-order valence-electron chi connectivity index (χ4n) is 2.11. The number of benzene rings is 1. The second kappa shape index (κ2) is 5.40. The van der Waals surface area contributed by atoms with E-state index in [-0.39, 0.29) is 17.6 Å². The summed E-state index contributed by atoms with van der Waals surface area (Å²) >= 11 is 0. The number of rotatable bonds is 1. The van der Waals surface area contributed by atoms with Gasteiger partial charge in [0.15, 0.2) is 0 Å². The maximum absolute atomic E-state index is 12.1. The molecule has 1 aromatic rings. The van der Waals surface area contributed by atoms with Crippen LogP contribution in [0.15, 0.2) is 18.2 Å². The van der Waals surface area contributed by atoms with Gasteiger partial charge in [0, 0.05) is 19.7 Å². The summed E-state index contributed by atoms with van der Waals surface area (Å²) in [5.41, 5.74) is 0.998. The second-order valence-electron chi connectivity index (χ2n) is 5.09. The summed E-state index contributed by atoms with van der Waals surface area (Å²) < 4.78 is 5.64. The van der Waals surface area contributed by atoms with Crippen LogP contribution < -0.4 is 4.74 Å². The molecule has 0 fully saturated rings. The Morgan fingerprint density at radius 3 is 2.70 bits per heavy atom. The molecule has 0 radical (unpaired) electrons. The van der Waals surface area contributed by atoms with Crippen LogP contribution in [-0.2, 0) is 6.54 Å². The highest BCUT2D eigenvalue weighted by molar-refractivity contribution is 5.88. The van der Waals surface area contributed by atoms with Crippen molar-refractivity contribution in [1.82, 2.24) is 9.80 Å². The van der Waals surface area contributed by atoms with E-state index < -0.39 is 5.97 Å². The van der Waals surface area contributed by atoms with E-state index in [1.165, 1.54) is 17.0 Å². The van der Waals surface area contributed by atoms with Crippen LogP contribution in [0.1, 0.15) is 22.8 Å². The molecule has 0 aliphatic carbocycles. The third-order valence-corrected chi connectivity index (χ3v) is 3.30. The first kappa shape index (κ1) is 14.2. The molecule has 2 amide bonds. The van der Waals surface area contributed by atoms with Crippen molar-refractivity contribution in [3.8, 4) is 5.75 Å². The Bertz CT molecular complexity index is 542. The first-order chi connectivity index (χ1) is 9.40. The number of hydrogen-bond acceptors (Lipinski definition) is 3. The molecule has 0 bridgehead atoms. The summed E-state index contributed by atoms with van der Waals surface area (Å²) in [6.45, 7) is 2.66. The van der Waals surface area contributed by atoms with Gasteiger partial charge in [-0.05, 0) is 19.1 Å². The summed E-state index contributed by atoms with van der Waals surface area (Å²) in [4.78, 5) is 26.4. The topological polar surface area (TPSA) is 70.1 Å². The number of nitrogens with zero attached hydrogens (tertiary/aromatic N) is 2. The van der Waals surface area contributed by atoms with Gasteiger partial charge in [-0.25, -0.2) is 9.59 Å². The van der Waals surface area contributed by atoms with Crippen molar-refractivity contribution >= 4 is 12.0 Å². The first-order valence-electron chi connectivity index (χ1n) is 6.37. The van der Waals surface area contributed by atoms with Crippen LogP contribution in [0.3, 0.4) is 0 Å². The molecule has 0 aromatic heterocycles. The molecule has 108 valence electrons. The lowest BCUT2D eigenvalue weighted by Crippen LogP contribution is -2.45. The Morgan fingerprint density at radius 1 is 1.40 bits per heavy atom. The second-order valence-corrected chi connectivity index (χ2v) is 5.09. The van der Waals surface area contributed by atoms with E-state index >= 15 is 0 Å². The normalized spacial score (nSPS) is 17.8. The van der Waals surface area contributed by atoms with Crippen molar-refractivity contribution in [2.24, 2.45) is 0 Å². The van der Waals surface area contributed by atoms with Gasteiger partial charge in [-0.2, -0.15) is 0 Å². The summed E-state index contributed by atoms with van der Waals surface area (Å²) in [6.07, 6.45) is 0. The van der Waals surface area contributed by atoms with Gasteiger partial charge in [0.25, 0.3) is 0 Å². The lowest BCUT2D eigenvalue weighted by Gasteiger charge is -2.29. The van der Waals surface area contributed by atoms with Gasteiger partial charge in [0.05, 0.1) is 18.2 Å². The monoisotopic (exact) mass is 278 g/mol. The van der Waals surface area contributed by atoms with Crippen molar-refractivity contribution in [3.63, 3.8) is 0 Å². The van der Waals surface area contributed by atoms with Crippen LogP contribution in [0.25, 0.3) is 0 Å². The van der Waals surface area contributed by atoms with Crippen LogP contribution in [0.5, 0.6) is 5.75 Å². The van der Waals surface area contributed by atoms with Crippen LogP contribution in [0.4, 0.5) is 4.79 Å². The third kappa shape index (κ3) is 2.68. The summed E-state index contributed by atoms with van der Waals surface area (Å²) in [7, 11) is 3.41. The largest absolute Gasteiger partial charge is 0.491 e. The summed E-state index contributed by atoms with van der Waals surface area (Å²) in [6, 6.07) is 4.57. The van der Waals surface area contributed by atoms with E-state index in [4.69, 9.17) is 9.84 Å². The smallest absolute Gasteiger partial charge is 0.335 e. The minimum atomic E-state index is -0.991. The fourth-order valence-corrected chi connectivity index (χ4v) is 2.11. The molecule has 1 heterocycles. The number of urea groups is 1. The zero-order valence-corrected chi connectivity index (χ0v) is 11.8. The molecule has 1 atom stereocenters. The highest BCUT2D eigenvalue weighted by Crippen LogP contribution is 2.27. The number of ether oxygens (including phenoxy) is 1. The highest BCUT2D eigenvalue weighted by Gasteiger charge is 2.27. The van der Waals surface area contributed by atoms with Crippen molar-refractivity contribution in [2.45, 2.75) is 19.5 Å². The van der Waals surface area contributed by atoms with Gasteiger partial charge >= 0.3 is 12.0 Å². The Labute approximate surface area is 117 Å². The number of carboxylic acid groups (broad SMARTS) is 1. The number of carbonyl (C=O) groups is 2. The minimum Gasteiger partial charge on any atom is -0.491 e. The molecule has 1 aromatic carbocycles. The maximum atomic E-state index is 12.1. The minimum absolute atomic E-state index is 0.0782. The zero-order chi connectivity index (χ0) is 14.9. The Kier molecular flexibility index (Phi) is 3.83. The predicted molar refractivity (Wildman–Crippen MR) is 73.0 cm³/mol. The number of hydrogen-bond donors (Lipinski definition) is 1. The van der Waals surface area contributed by atoms with E-state index in [1.807, 2.05) is 6.92 Å². The Balaban J connectivity index is 2.32. The van der Waals surface area contributed by atoms with Gasteiger partial charge in [0.1, 0.15) is 12.4 Å². The summed E-state index contributed by atoms with van der Waals surface area (Å²) in [5, 5.41) is 8.99. The van der Waals surface area contributed by atoms with E-state index in [9.17, 15) is 9.59 Å². The molecule has 2 rings (SSSR count). The van der Waals surface area contributed by atoms with Crippen LogP contribution in [0, 0.1) is 0 Å². The Morgan fingerprint density at radius 2 is 2.10 bits per heavy atom. The zero-order valence-electron chi connectivity index (χ0n) is 11.8. The van der Waals surface area contributed by atoms with Crippen LogP contribution in [0.2, 0.25) is 0 Å². The standard InChI is InChI=1S/C14H18N2O4/c1-9-8-20-12-6-10(13(17)18)4-5-11(12)7-16(9)14(19)15(2)3/h4-6,9H,7-8H2,1-3H3,(H,17,18)/t9-/m0/s1. The lowest BCUT2D eigenvalue weighted by atomic mass is 10.1. The van der Waals surface area contributed by atoms with Crippen molar-refractivity contribution < 1.29 is 19.4 Å². The molecule has 1 N–H and O–H groups in total. The summed E-state index contributed by atoms with van der Waals surface area (Å²) in [5.74, 6) is -0.458. The molecule has 0 saturated heterocycles. The SMILES string of the molecule is C[C@H]1COc2cc(C(=O)O)ccc2CN1C(=O)N(C)C. The molecule has 20 heavy (non-hydrogen) atoms. The average Bonchev–Trinajstić information content (AvgIpc) is 2.57. The molecule has 6 nitrogen and oxygen atoms in total.